The molecular formula is C10H8FN3O2. The molecule has 0 spiro atoms. The Hall–Kier alpha value is -2.24. The summed E-state index contributed by atoms with van der Waals surface area (Å²) in [6, 6.07) is 4.31. The molecule has 0 saturated heterocycles. The number of rotatable bonds is 1. The lowest BCUT2D eigenvalue weighted by atomic mass is 10.2. The zero-order chi connectivity index (χ0) is 11.7. The van der Waals surface area contributed by atoms with E-state index in [4.69, 9.17) is 0 Å². The number of hydrogen-bond acceptors (Lipinski definition) is 3. The van der Waals surface area contributed by atoms with E-state index < -0.39 is 11.7 Å². The molecule has 1 amide bonds. The Balaban J connectivity index is 2.65. The van der Waals surface area contributed by atoms with E-state index in [1.54, 1.807) is 6.07 Å². The Morgan fingerprint density at radius 3 is 2.94 bits per heavy atom. The summed E-state index contributed by atoms with van der Waals surface area (Å²) < 4.78 is 13.3. The van der Waals surface area contributed by atoms with Crippen molar-refractivity contribution in [3.05, 3.63) is 24.0 Å². The molecule has 0 radical (unpaired) electrons. The number of hydrogen-bond donors (Lipinski definition) is 2. The van der Waals surface area contributed by atoms with Crippen molar-refractivity contribution in [2.24, 2.45) is 10.2 Å². The molecule has 2 N–H and O–H groups in total. The van der Waals surface area contributed by atoms with Gasteiger partial charge in [-0.2, -0.15) is 0 Å². The highest BCUT2D eigenvalue weighted by Gasteiger charge is 2.12. The molecule has 5 nitrogen and oxygen atoms in total. The Kier molecular flexibility index (Phi) is 2.40. The largest absolute Gasteiger partial charge is 0.493 e. The van der Waals surface area contributed by atoms with Gasteiger partial charge in [0.05, 0.1) is 5.52 Å². The van der Waals surface area contributed by atoms with Gasteiger partial charge in [0.25, 0.3) is 5.91 Å². The van der Waals surface area contributed by atoms with Gasteiger partial charge in [0.15, 0.2) is 5.69 Å². The molecule has 16 heavy (non-hydrogen) atoms. The van der Waals surface area contributed by atoms with Crippen LogP contribution in [0.25, 0.3) is 10.9 Å². The van der Waals surface area contributed by atoms with Crippen LogP contribution in [0.4, 0.5) is 10.1 Å². The van der Waals surface area contributed by atoms with Crippen molar-refractivity contribution in [3.8, 4) is 5.88 Å². The second-order valence-corrected chi connectivity index (χ2v) is 3.20. The molecule has 82 valence electrons. The van der Waals surface area contributed by atoms with Gasteiger partial charge < -0.3 is 10.1 Å². The molecule has 0 saturated carbocycles. The molecule has 1 aromatic heterocycles. The lowest BCUT2D eigenvalue weighted by molar-refractivity contribution is -0.116. The summed E-state index contributed by atoms with van der Waals surface area (Å²) in [5.41, 5.74) is 0.196. The summed E-state index contributed by atoms with van der Waals surface area (Å²) in [6.07, 6.45) is 0. The number of aromatic nitrogens is 1. The van der Waals surface area contributed by atoms with Crippen LogP contribution < -0.4 is 0 Å². The van der Waals surface area contributed by atoms with Gasteiger partial charge in [0.2, 0.25) is 5.88 Å². The first-order valence-electron chi connectivity index (χ1n) is 4.51. The number of amides is 1. The van der Waals surface area contributed by atoms with E-state index in [1.165, 1.54) is 19.1 Å². The molecule has 1 aromatic carbocycles. The number of nitrogens with zero attached hydrogens (tertiary/aromatic N) is 2. The summed E-state index contributed by atoms with van der Waals surface area (Å²) in [5, 5.41) is 16.7. The number of azo groups is 1. The van der Waals surface area contributed by atoms with E-state index in [-0.39, 0.29) is 17.1 Å². The quantitative estimate of drug-likeness (QED) is 0.726. The van der Waals surface area contributed by atoms with Gasteiger partial charge in [-0.05, 0) is 6.07 Å². The maximum absolute atomic E-state index is 13.3. The van der Waals surface area contributed by atoms with Gasteiger partial charge in [-0.3, -0.25) is 4.79 Å². The van der Waals surface area contributed by atoms with Crippen LogP contribution in [0.5, 0.6) is 5.88 Å². The van der Waals surface area contributed by atoms with E-state index >= 15 is 0 Å². The average molecular weight is 221 g/mol. The number of benzene rings is 1. The molecule has 1 heterocycles. The summed E-state index contributed by atoms with van der Waals surface area (Å²) >= 11 is 0. The standard InChI is InChI=1S/C10H8FN3O2/c1-5(15)13-14-9-6-3-2-4-7(11)8(6)12-10(9)16/h2-4,12,16H,1H3. The fraction of sp³-hybridized carbons (Fsp3) is 0.100. The lowest BCUT2D eigenvalue weighted by Gasteiger charge is -1.91. The molecule has 0 atom stereocenters. The Labute approximate surface area is 89.6 Å². The first-order valence-corrected chi connectivity index (χ1v) is 4.51. The van der Waals surface area contributed by atoms with Gasteiger partial charge in [-0.25, -0.2) is 4.39 Å². The third kappa shape index (κ3) is 1.65. The second-order valence-electron chi connectivity index (χ2n) is 3.20. The minimum absolute atomic E-state index is 0.0599. The average Bonchev–Trinajstić information content (AvgIpc) is 2.53. The number of aromatic amines is 1. The maximum atomic E-state index is 13.3. The molecule has 0 bridgehead atoms. The number of para-hydroxylation sites is 1. The Morgan fingerprint density at radius 1 is 1.50 bits per heavy atom. The summed E-state index contributed by atoms with van der Waals surface area (Å²) in [4.78, 5) is 13.1. The highest BCUT2D eigenvalue weighted by Crippen LogP contribution is 2.36. The van der Waals surface area contributed by atoms with Crippen LogP contribution in [0.3, 0.4) is 0 Å². The smallest absolute Gasteiger partial charge is 0.261 e. The van der Waals surface area contributed by atoms with Crippen LogP contribution in [0.15, 0.2) is 28.4 Å². The zero-order valence-corrected chi connectivity index (χ0v) is 8.36. The number of halogens is 1. The number of fused-ring (bicyclic) bond motifs is 1. The van der Waals surface area contributed by atoms with E-state index in [0.29, 0.717) is 5.39 Å². The second kappa shape index (κ2) is 3.73. The van der Waals surface area contributed by atoms with E-state index in [2.05, 4.69) is 15.2 Å². The van der Waals surface area contributed by atoms with E-state index in [9.17, 15) is 14.3 Å². The third-order valence-corrected chi connectivity index (χ3v) is 2.03. The highest BCUT2D eigenvalue weighted by atomic mass is 19.1. The van der Waals surface area contributed by atoms with Crippen molar-refractivity contribution in [2.75, 3.05) is 0 Å². The fourth-order valence-electron chi connectivity index (χ4n) is 1.38. The van der Waals surface area contributed by atoms with Crippen molar-refractivity contribution in [1.82, 2.24) is 4.98 Å². The van der Waals surface area contributed by atoms with Crippen LogP contribution in [0.2, 0.25) is 0 Å². The monoisotopic (exact) mass is 221 g/mol. The van der Waals surface area contributed by atoms with Crippen LogP contribution in [0.1, 0.15) is 6.92 Å². The van der Waals surface area contributed by atoms with Gasteiger partial charge in [-0.1, -0.05) is 12.1 Å². The SMILES string of the molecule is CC(=O)N=Nc1c(O)[nH]c2c(F)cccc12. The number of carbonyl (C=O) groups excluding carboxylic acids is 1. The van der Waals surface area contributed by atoms with Crippen molar-refractivity contribution in [1.29, 1.82) is 0 Å². The molecule has 6 heteroatoms. The third-order valence-electron chi connectivity index (χ3n) is 2.03. The van der Waals surface area contributed by atoms with Crippen LogP contribution in [-0.2, 0) is 4.79 Å². The predicted octanol–water partition coefficient (Wildman–Crippen LogP) is 2.64. The predicted molar refractivity (Wildman–Crippen MR) is 55.1 cm³/mol. The highest BCUT2D eigenvalue weighted by molar-refractivity contribution is 5.94. The first-order chi connectivity index (χ1) is 7.59. The van der Waals surface area contributed by atoms with E-state index in [0.717, 1.165) is 0 Å². The number of nitrogens with one attached hydrogen (secondary N) is 1. The van der Waals surface area contributed by atoms with Crippen LogP contribution >= 0.6 is 0 Å². The van der Waals surface area contributed by atoms with Gasteiger partial charge in [0, 0.05) is 12.3 Å². The first kappa shape index (κ1) is 10.3. The Morgan fingerprint density at radius 2 is 2.25 bits per heavy atom. The molecule has 0 aliphatic heterocycles. The summed E-state index contributed by atoms with van der Waals surface area (Å²) in [6.45, 7) is 1.23. The number of carbonyl (C=O) groups is 1. The summed E-state index contributed by atoms with van der Waals surface area (Å²) in [7, 11) is 0. The molecule has 0 aliphatic rings. The van der Waals surface area contributed by atoms with Crippen molar-refractivity contribution in [3.63, 3.8) is 0 Å². The van der Waals surface area contributed by atoms with Gasteiger partial charge in [0.1, 0.15) is 5.82 Å². The number of aromatic hydroxyl groups is 1. The normalized spacial score (nSPS) is 11.4. The fourth-order valence-corrected chi connectivity index (χ4v) is 1.38. The molecule has 0 fully saturated rings. The van der Waals surface area contributed by atoms with Gasteiger partial charge >= 0.3 is 0 Å². The van der Waals surface area contributed by atoms with Crippen molar-refractivity contribution < 1.29 is 14.3 Å². The van der Waals surface area contributed by atoms with E-state index in [1.807, 2.05) is 0 Å². The molecule has 2 rings (SSSR count). The van der Waals surface area contributed by atoms with Crippen molar-refractivity contribution in [2.45, 2.75) is 6.92 Å². The number of H-pyrrole nitrogens is 1. The topological polar surface area (TPSA) is 77.8 Å². The minimum atomic E-state index is -0.503. The van der Waals surface area contributed by atoms with Crippen LogP contribution in [0, 0.1) is 5.82 Å². The molecular weight excluding hydrogens is 213 g/mol. The van der Waals surface area contributed by atoms with Crippen molar-refractivity contribution >= 4 is 22.5 Å². The zero-order valence-electron chi connectivity index (χ0n) is 8.36. The van der Waals surface area contributed by atoms with Crippen LogP contribution in [-0.4, -0.2) is 16.0 Å². The Bertz CT molecular complexity index is 589. The molecule has 2 aromatic rings. The van der Waals surface area contributed by atoms with Gasteiger partial charge in [-0.15, -0.1) is 10.2 Å². The molecule has 0 aliphatic carbocycles. The minimum Gasteiger partial charge on any atom is -0.493 e. The molecule has 0 unspecified atom stereocenters. The summed E-state index contributed by atoms with van der Waals surface area (Å²) in [5.74, 6) is -1.31. The lowest BCUT2D eigenvalue weighted by Crippen LogP contribution is -1.77. The maximum Gasteiger partial charge on any atom is 0.261 e.